The van der Waals surface area contributed by atoms with E-state index in [1.165, 1.54) is 14.2 Å². The van der Waals surface area contributed by atoms with Gasteiger partial charge in [-0.05, 0) is 72.9 Å². The summed E-state index contributed by atoms with van der Waals surface area (Å²) in [6.45, 7) is 8.60. The Morgan fingerprint density at radius 3 is 2.07 bits per heavy atom. The van der Waals surface area contributed by atoms with Gasteiger partial charge in [-0.1, -0.05) is 52.0 Å². The predicted octanol–water partition coefficient (Wildman–Crippen LogP) is 5.26. The molecule has 15 nitrogen and oxygen atoms in total. The van der Waals surface area contributed by atoms with Crippen LogP contribution in [-0.4, -0.2) is 95.2 Å². The van der Waals surface area contributed by atoms with Crippen molar-refractivity contribution < 1.29 is 33.4 Å². The summed E-state index contributed by atoms with van der Waals surface area (Å²) in [6.07, 6.45) is 3.41. The molecule has 0 spiro atoms. The van der Waals surface area contributed by atoms with Gasteiger partial charge < -0.3 is 39.9 Å². The zero-order valence-electron chi connectivity index (χ0n) is 32.1. The summed E-state index contributed by atoms with van der Waals surface area (Å²) in [7, 11) is 2.50. The molecule has 2 aromatic carbocycles. The number of H-pyrrole nitrogens is 2. The molecule has 2 aliphatic heterocycles. The van der Waals surface area contributed by atoms with Gasteiger partial charge in [0.15, 0.2) is 0 Å². The van der Waals surface area contributed by atoms with Gasteiger partial charge in [-0.2, -0.15) is 0 Å². The number of imidazole rings is 1. The molecule has 4 aromatic rings. The van der Waals surface area contributed by atoms with E-state index in [0.717, 1.165) is 58.4 Å². The molecule has 0 aliphatic carbocycles. The van der Waals surface area contributed by atoms with E-state index in [1.54, 1.807) is 24.9 Å². The Kier molecular flexibility index (Phi) is 11.8. The van der Waals surface area contributed by atoms with Crippen LogP contribution in [0.4, 0.5) is 15.3 Å². The minimum Gasteiger partial charge on any atom is -0.453 e. The predicted molar refractivity (Wildman–Crippen MR) is 207 cm³/mol. The van der Waals surface area contributed by atoms with Crippen molar-refractivity contribution in [1.82, 2.24) is 35.8 Å². The summed E-state index contributed by atoms with van der Waals surface area (Å²) in [5.74, 6) is -0.784. The minimum absolute atomic E-state index is 0.116. The molecule has 2 fully saturated rings. The molecule has 0 saturated carbocycles. The average Bonchev–Trinajstić information content (AvgIpc) is 4.01. The van der Waals surface area contributed by atoms with Crippen LogP contribution in [0.1, 0.15) is 65.2 Å². The lowest BCUT2D eigenvalue weighted by molar-refractivity contribution is -0.135. The summed E-state index contributed by atoms with van der Waals surface area (Å²) < 4.78 is 9.39. The number of fused-ring (bicyclic) bond motifs is 1. The van der Waals surface area contributed by atoms with Crippen LogP contribution in [0.3, 0.4) is 0 Å². The number of rotatable bonds is 11. The Balaban J connectivity index is 1.13. The maximum absolute atomic E-state index is 13.5. The number of anilines is 1. The standard InChI is InChI=1S/C40H50N8O7/c1-22(2)33(44-39(52)54-5)37(50)46-36(49)32-10-8-17-47(32)27-15-16-28-26(19-27)20-29(42-28)24-11-13-25(14-12-24)30-21-41-35(43-30)31-9-7-18-48(31)38(51)34(23(3)4)45-40(53)55-6/h11-16,19-23,31-34,42H,7-10,17-18H2,1-6H3,(H,41,43)(H,44,52)(H,45,53)(H,46,49,50)/t31-,32-,33-,34-/m0/s1. The molecule has 2 aliphatic rings. The maximum Gasteiger partial charge on any atom is 0.407 e. The molecule has 2 saturated heterocycles. The first kappa shape index (κ1) is 38.9. The fraction of sp³-hybridized carbons (Fsp3) is 0.450. The van der Waals surface area contributed by atoms with Gasteiger partial charge in [0.2, 0.25) is 17.7 Å². The molecule has 0 bridgehead atoms. The third kappa shape index (κ3) is 8.45. The van der Waals surface area contributed by atoms with Crippen LogP contribution < -0.4 is 20.9 Å². The number of amides is 5. The van der Waals surface area contributed by atoms with Crippen LogP contribution >= 0.6 is 0 Å². The average molecular weight is 755 g/mol. The summed E-state index contributed by atoms with van der Waals surface area (Å²) in [5, 5.41) is 8.69. The van der Waals surface area contributed by atoms with Crippen molar-refractivity contribution in [3.8, 4) is 22.5 Å². The van der Waals surface area contributed by atoms with Crippen molar-refractivity contribution in [3.63, 3.8) is 0 Å². The van der Waals surface area contributed by atoms with E-state index >= 15 is 0 Å². The second kappa shape index (κ2) is 16.7. The monoisotopic (exact) mass is 754 g/mol. The lowest BCUT2D eigenvalue weighted by Gasteiger charge is -2.30. The Morgan fingerprint density at radius 1 is 0.782 bits per heavy atom. The molecule has 4 heterocycles. The van der Waals surface area contributed by atoms with Crippen molar-refractivity contribution in [1.29, 1.82) is 0 Å². The van der Waals surface area contributed by atoms with Gasteiger partial charge in [-0.25, -0.2) is 14.6 Å². The molecule has 4 atom stereocenters. The van der Waals surface area contributed by atoms with Gasteiger partial charge in [0.05, 0.1) is 32.2 Å². The number of ether oxygens (including phenoxy) is 2. The molecular formula is C40H50N8O7. The third-order valence-corrected chi connectivity index (χ3v) is 10.5. The second-order valence-electron chi connectivity index (χ2n) is 14.8. The van der Waals surface area contributed by atoms with Crippen LogP contribution in [0.2, 0.25) is 0 Å². The number of nitrogens with one attached hydrogen (secondary N) is 5. The van der Waals surface area contributed by atoms with E-state index < -0.39 is 42.1 Å². The number of aromatic nitrogens is 3. The van der Waals surface area contributed by atoms with E-state index in [4.69, 9.17) is 4.74 Å². The zero-order chi connectivity index (χ0) is 39.4. The first-order chi connectivity index (χ1) is 26.4. The molecular weight excluding hydrogens is 704 g/mol. The number of imide groups is 1. The van der Waals surface area contributed by atoms with Crippen molar-refractivity contribution in [2.24, 2.45) is 11.8 Å². The highest BCUT2D eigenvalue weighted by Crippen LogP contribution is 2.34. The minimum atomic E-state index is -0.908. The fourth-order valence-corrected chi connectivity index (χ4v) is 7.48. The fourth-order valence-electron chi connectivity index (χ4n) is 7.48. The lowest BCUT2D eigenvalue weighted by atomic mass is 10.0. The van der Waals surface area contributed by atoms with Crippen molar-refractivity contribution in [2.45, 2.75) is 77.5 Å². The van der Waals surface area contributed by atoms with Gasteiger partial charge >= 0.3 is 12.2 Å². The SMILES string of the molecule is COC(=O)N[C@H](C(=O)NC(=O)[C@@H]1CCCN1c1ccc2[nH]c(-c3ccc(-c4cnc([C@@H]5CCCN5C(=O)[C@@H](NC(=O)OC)C(C)C)[nH]4)cc3)cc2c1)C(C)C. The highest BCUT2D eigenvalue weighted by atomic mass is 16.5. The molecule has 2 aromatic heterocycles. The number of alkyl carbamates (subject to hydrolysis) is 2. The smallest absolute Gasteiger partial charge is 0.407 e. The summed E-state index contributed by atoms with van der Waals surface area (Å²) >= 11 is 0. The first-order valence-electron chi connectivity index (χ1n) is 18.8. The van der Waals surface area contributed by atoms with Crippen molar-refractivity contribution in [3.05, 3.63) is 60.6 Å². The Bertz CT molecular complexity index is 2040. The van der Waals surface area contributed by atoms with Crippen LogP contribution in [0.5, 0.6) is 0 Å². The Labute approximate surface area is 319 Å². The number of carbonyl (C=O) groups is 5. The molecule has 0 unspecified atom stereocenters. The van der Waals surface area contributed by atoms with Crippen molar-refractivity contribution in [2.75, 3.05) is 32.2 Å². The Morgan fingerprint density at radius 2 is 1.42 bits per heavy atom. The summed E-state index contributed by atoms with van der Waals surface area (Å²) in [5.41, 5.74) is 5.53. The molecule has 55 heavy (non-hydrogen) atoms. The summed E-state index contributed by atoms with van der Waals surface area (Å²) in [6, 6.07) is 13.9. The van der Waals surface area contributed by atoms with Gasteiger partial charge in [0, 0.05) is 35.4 Å². The van der Waals surface area contributed by atoms with Crippen LogP contribution in [-0.2, 0) is 23.9 Å². The van der Waals surface area contributed by atoms with Crippen molar-refractivity contribution >= 4 is 46.5 Å². The van der Waals surface area contributed by atoms with Gasteiger partial charge in [0.1, 0.15) is 23.9 Å². The largest absolute Gasteiger partial charge is 0.453 e. The Hall–Kier alpha value is -5.86. The highest BCUT2D eigenvalue weighted by Gasteiger charge is 2.38. The topological polar surface area (TPSA) is 191 Å². The van der Waals surface area contributed by atoms with Crippen LogP contribution in [0.25, 0.3) is 33.4 Å². The molecule has 5 amide bonds. The van der Waals surface area contributed by atoms with Crippen LogP contribution in [0.15, 0.2) is 54.7 Å². The number of benzene rings is 2. The normalized spacial score (nSPS) is 18.0. The number of nitrogens with zero attached hydrogens (tertiary/aromatic N) is 3. The number of hydrogen-bond donors (Lipinski definition) is 5. The number of methoxy groups -OCH3 is 2. The van der Waals surface area contributed by atoms with Crippen LogP contribution in [0, 0.1) is 11.8 Å². The molecule has 5 N–H and O–H groups in total. The number of carbonyl (C=O) groups excluding carboxylic acids is 5. The second-order valence-corrected chi connectivity index (χ2v) is 14.8. The molecule has 292 valence electrons. The molecule has 6 rings (SSSR count). The van der Waals surface area contributed by atoms with Gasteiger partial charge in [-0.3, -0.25) is 19.7 Å². The molecule has 15 heteroatoms. The van der Waals surface area contributed by atoms with E-state index in [2.05, 4.69) is 41.7 Å². The lowest BCUT2D eigenvalue weighted by Crippen LogP contribution is -2.54. The van der Waals surface area contributed by atoms with E-state index in [0.29, 0.717) is 25.3 Å². The number of hydrogen-bond acceptors (Lipinski definition) is 9. The molecule has 0 radical (unpaired) electrons. The van der Waals surface area contributed by atoms with Gasteiger partial charge in [0.25, 0.3) is 0 Å². The van der Waals surface area contributed by atoms with E-state index in [1.807, 2.05) is 61.2 Å². The summed E-state index contributed by atoms with van der Waals surface area (Å²) in [4.78, 5) is 79.0. The third-order valence-electron chi connectivity index (χ3n) is 10.5. The van der Waals surface area contributed by atoms with E-state index in [-0.39, 0.29) is 23.8 Å². The van der Waals surface area contributed by atoms with E-state index in [9.17, 15) is 24.0 Å². The first-order valence-corrected chi connectivity index (χ1v) is 18.8. The highest BCUT2D eigenvalue weighted by molar-refractivity contribution is 6.02. The zero-order valence-corrected chi connectivity index (χ0v) is 32.1. The maximum atomic E-state index is 13.5. The quantitative estimate of drug-likeness (QED) is 0.136. The number of likely N-dealkylation sites (tertiary alicyclic amines) is 1. The number of aromatic amines is 2. The van der Waals surface area contributed by atoms with Gasteiger partial charge in [-0.15, -0.1) is 0 Å².